The van der Waals surface area contributed by atoms with Crippen LogP contribution in [0.5, 0.6) is 5.75 Å². The summed E-state index contributed by atoms with van der Waals surface area (Å²) in [4.78, 5) is 4.34. The molecule has 0 radical (unpaired) electrons. The highest BCUT2D eigenvalue weighted by Gasteiger charge is 2.17. The van der Waals surface area contributed by atoms with Gasteiger partial charge in [0, 0.05) is 17.8 Å². The number of aliphatic hydroxyl groups is 1. The zero-order valence-corrected chi connectivity index (χ0v) is 11.2. The Balaban J connectivity index is 1.97. The Morgan fingerprint density at radius 3 is 2.58 bits per heavy atom. The molecule has 3 rings (SSSR count). The first-order chi connectivity index (χ1) is 9.13. The van der Waals surface area contributed by atoms with E-state index in [1.807, 2.05) is 44.2 Å². The fraction of sp³-hybridized carbons (Fsp3) is 0.312. The van der Waals surface area contributed by atoms with Gasteiger partial charge in [-0.1, -0.05) is 6.07 Å². The maximum Gasteiger partial charge on any atom is 0.122 e. The number of aromatic nitrogens is 1. The summed E-state index contributed by atoms with van der Waals surface area (Å²) in [6.07, 6.45) is 0.316. The van der Waals surface area contributed by atoms with Gasteiger partial charge in [0.1, 0.15) is 11.9 Å². The van der Waals surface area contributed by atoms with Gasteiger partial charge in [-0.3, -0.25) is 4.98 Å². The molecule has 3 heteroatoms. The zero-order chi connectivity index (χ0) is 13.4. The molecule has 2 heterocycles. The Kier molecular flexibility index (Phi) is 2.99. The molecule has 0 saturated heterocycles. The number of pyridine rings is 1. The van der Waals surface area contributed by atoms with Crippen LogP contribution in [0.4, 0.5) is 0 Å². The number of nitrogens with zero attached hydrogens (tertiary/aromatic N) is 1. The SMILES string of the molecule is Cc1cc(C(O)c2ccc3c(c2)CCO3)cc(C)n1. The summed E-state index contributed by atoms with van der Waals surface area (Å²) in [6.45, 7) is 4.63. The van der Waals surface area contributed by atoms with E-state index in [0.717, 1.165) is 41.3 Å². The Morgan fingerprint density at radius 1 is 1.11 bits per heavy atom. The Morgan fingerprint density at radius 2 is 1.84 bits per heavy atom. The van der Waals surface area contributed by atoms with Crippen LogP contribution in [-0.2, 0) is 6.42 Å². The van der Waals surface area contributed by atoms with Crippen LogP contribution < -0.4 is 4.74 Å². The maximum absolute atomic E-state index is 10.5. The van der Waals surface area contributed by atoms with Gasteiger partial charge in [-0.15, -0.1) is 0 Å². The summed E-state index contributed by atoms with van der Waals surface area (Å²) in [6, 6.07) is 9.78. The third kappa shape index (κ3) is 2.34. The molecule has 19 heavy (non-hydrogen) atoms. The average molecular weight is 255 g/mol. The van der Waals surface area contributed by atoms with E-state index in [-0.39, 0.29) is 0 Å². The highest BCUT2D eigenvalue weighted by atomic mass is 16.5. The molecule has 0 bridgehead atoms. The molecule has 0 spiro atoms. The normalized spacial score (nSPS) is 14.9. The molecule has 1 aliphatic rings. The van der Waals surface area contributed by atoms with Gasteiger partial charge in [0.05, 0.1) is 6.61 Å². The monoisotopic (exact) mass is 255 g/mol. The minimum absolute atomic E-state index is 0.605. The highest BCUT2D eigenvalue weighted by Crippen LogP contribution is 2.30. The number of benzene rings is 1. The third-order valence-electron chi connectivity index (χ3n) is 3.45. The van der Waals surface area contributed by atoms with Crippen LogP contribution in [0.25, 0.3) is 0 Å². The van der Waals surface area contributed by atoms with Crippen LogP contribution in [0.3, 0.4) is 0 Å². The molecule has 2 aromatic rings. The van der Waals surface area contributed by atoms with Crippen LogP contribution in [0.1, 0.15) is 34.2 Å². The van der Waals surface area contributed by atoms with Gasteiger partial charge in [0.15, 0.2) is 0 Å². The largest absolute Gasteiger partial charge is 0.493 e. The summed E-state index contributed by atoms with van der Waals surface area (Å²) in [5.74, 6) is 0.943. The lowest BCUT2D eigenvalue weighted by Gasteiger charge is -2.14. The number of fused-ring (bicyclic) bond motifs is 1. The van der Waals surface area contributed by atoms with E-state index in [9.17, 15) is 5.11 Å². The fourth-order valence-electron chi connectivity index (χ4n) is 2.59. The lowest BCUT2D eigenvalue weighted by atomic mass is 9.98. The van der Waals surface area contributed by atoms with Crippen LogP contribution in [0.2, 0.25) is 0 Å². The summed E-state index contributed by atoms with van der Waals surface area (Å²) in [5, 5.41) is 10.5. The Bertz CT molecular complexity index is 602. The second kappa shape index (κ2) is 4.67. The van der Waals surface area contributed by atoms with Crippen molar-refractivity contribution < 1.29 is 9.84 Å². The molecule has 1 unspecified atom stereocenters. The third-order valence-corrected chi connectivity index (χ3v) is 3.45. The highest BCUT2D eigenvalue weighted by molar-refractivity contribution is 5.42. The number of aliphatic hydroxyl groups excluding tert-OH is 1. The van der Waals surface area contributed by atoms with Crippen LogP contribution >= 0.6 is 0 Å². The number of hydrogen-bond donors (Lipinski definition) is 1. The molecule has 1 aromatic heterocycles. The van der Waals surface area contributed by atoms with Crippen molar-refractivity contribution in [2.24, 2.45) is 0 Å². The number of ether oxygens (including phenoxy) is 1. The van der Waals surface area contributed by atoms with E-state index in [4.69, 9.17) is 4.74 Å². The molecule has 1 aromatic carbocycles. The summed E-state index contributed by atoms with van der Waals surface area (Å²) >= 11 is 0. The predicted molar refractivity (Wildman–Crippen MR) is 73.4 cm³/mol. The van der Waals surface area contributed by atoms with Gasteiger partial charge in [-0.05, 0) is 54.8 Å². The lowest BCUT2D eigenvalue weighted by Crippen LogP contribution is -2.02. The van der Waals surface area contributed by atoms with Crippen LogP contribution in [0.15, 0.2) is 30.3 Å². The van der Waals surface area contributed by atoms with Gasteiger partial charge in [-0.2, -0.15) is 0 Å². The van der Waals surface area contributed by atoms with E-state index < -0.39 is 6.10 Å². The quantitative estimate of drug-likeness (QED) is 0.897. The predicted octanol–water partition coefficient (Wildman–Crippen LogP) is 2.72. The van der Waals surface area contributed by atoms with Crippen LogP contribution in [0, 0.1) is 13.8 Å². The number of aryl methyl sites for hydroxylation is 2. The average Bonchev–Trinajstić information content (AvgIpc) is 2.83. The van der Waals surface area contributed by atoms with E-state index >= 15 is 0 Å². The second-order valence-corrected chi connectivity index (χ2v) is 5.05. The molecule has 0 aliphatic carbocycles. The van der Waals surface area contributed by atoms with Crippen molar-refractivity contribution >= 4 is 0 Å². The summed E-state index contributed by atoms with van der Waals surface area (Å²) in [7, 11) is 0. The first-order valence-corrected chi connectivity index (χ1v) is 6.52. The summed E-state index contributed by atoms with van der Waals surface area (Å²) in [5.41, 5.74) is 4.84. The van der Waals surface area contributed by atoms with E-state index in [1.165, 1.54) is 5.56 Å². The zero-order valence-electron chi connectivity index (χ0n) is 11.2. The minimum Gasteiger partial charge on any atom is -0.493 e. The molecule has 0 amide bonds. The minimum atomic E-state index is -0.605. The molecular weight excluding hydrogens is 238 g/mol. The van der Waals surface area contributed by atoms with Crippen molar-refractivity contribution in [3.8, 4) is 5.75 Å². The van der Waals surface area contributed by atoms with Crippen molar-refractivity contribution in [3.05, 3.63) is 58.4 Å². The molecule has 1 aliphatic heterocycles. The van der Waals surface area contributed by atoms with Gasteiger partial charge < -0.3 is 9.84 Å². The smallest absolute Gasteiger partial charge is 0.122 e. The topological polar surface area (TPSA) is 42.4 Å². The molecule has 0 fully saturated rings. The first kappa shape index (κ1) is 12.2. The van der Waals surface area contributed by atoms with Crippen molar-refractivity contribution in [1.82, 2.24) is 4.98 Å². The van der Waals surface area contributed by atoms with Crippen molar-refractivity contribution in [2.75, 3.05) is 6.61 Å². The van der Waals surface area contributed by atoms with Crippen molar-refractivity contribution in [2.45, 2.75) is 26.4 Å². The van der Waals surface area contributed by atoms with Crippen LogP contribution in [-0.4, -0.2) is 16.7 Å². The van der Waals surface area contributed by atoms with Gasteiger partial charge in [0.25, 0.3) is 0 Å². The molecular formula is C16H17NO2. The van der Waals surface area contributed by atoms with Crippen molar-refractivity contribution in [3.63, 3.8) is 0 Å². The summed E-state index contributed by atoms with van der Waals surface area (Å²) < 4.78 is 5.49. The number of hydrogen-bond acceptors (Lipinski definition) is 3. The van der Waals surface area contributed by atoms with Gasteiger partial charge in [0.2, 0.25) is 0 Å². The Labute approximate surface area is 112 Å². The van der Waals surface area contributed by atoms with Crippen molar-refractivity contribution in [1.29, 1.82) is 0 Å². The standard InChI is InChI=1S/C16H17NO2/c1-10-7-14(8-11(2)17-10)16(18)13-3-4-15-12(9-13)5-6-19-15/h3-4,7-9,16,18H,5-6H2,1-2H3. The number of rotatable bonds is 2. The Hall–Kier alpha value is -1.87. The van der Waals surface area contributed by atoms with E-state index in [1.54, 1.807) is 0 Å². The van der Waals surface area contributed by atoms with Gasteiger partial charge in [-0.25, -0.2) is 0 Å². The molecule has 1 N–H and O–H groups in total. The molecule has 98 valence electrons. The maximum atomic E-state index is 10.5. The van der Waals surface area contributed by atoms with E-state index in [2.05, 4.69) is 4.98 Å². The second-order valence-electron chi connectivity index (χ2n) is 5.05. The molecule has 0 saturated carbocycles. The lowest BCUT2D eigenvalue weighted by molar-refractivity contribution is 0.220. The molecule has 3 nitrogen and oxygen atoms in total. The first-order valence-electron chi connectivity index (χ1n) is 6.52. The molecule has 1 atom stereocenters. The van der Waals surface area contributed by atoms with Gasteiger partial charge >= 0.3 is 0 Å². The van der Waals surface area contributed by atoms with E-state index in [0.29, 0.717) is 0 Å². The fourth-order valence-corrected chi connectivity index (χ4v) is 2.59.